The number of rotatable bonds is 6. The number of carbonyl (C=O) groups excluding carboxylic acids is 1. The number of pyridine rings is 2. The minimum Gasteiger partial charge on any atom is -0.346 e. The van der Waals surface area contributed by atoms with Crippen molar-refractivity contribution in [2.24, 2.45) is 11.8 Å². The number of hydrogen-bond acceptors (Lipinski definition) is 5. The molecule has 3 aliphatic rings. The third kappa shape index (κ3) is 4.51. The van der Waals surface area contributed by atoms with Crippen molar-refractivity contribution in [3.05, 3.63) is 36.3 Å². The summed E-state index contributed by atoms with van der Waals surface area (Å²) in [4.78, 5) is 31.1. The second-order valence-corrected chi connectivity index (χ2v) is 11.2. The second kappa shape index (κ2) is 9.98. The fourth-order valence-electron chi connectivity index (χ4n) is 7.38. The van der Waals surface area contributed by atoms with Gasteiger partial charge in [0, 0.05) is 54.6 Å². The summed E-state index contributed by atoms with van der Waals surface area (Å²) in [6.45, 7) is 8.19. The number of aromatic amines is 1. The van der Waals surface area contributed by atoms with E-state index in [-0.39, 0.29) is 5.92 Å². The first-order chi connectivity index (χ1) is 17.2. The van der Waals surface area contributed by atoms with Gasteiger partial charge in [0.2, 0.25) is 0 Å². The molecule has 1 saturated carbocycles. The van der Waals surface area contributed by atoms with E-state index in [1.165, 1.54) is 62.8 Å². The van der Waals surface area contributed by atoms with Gasteiger partial charge in [-0.05, 0) is 94.1 Å². The van der Waals surface area contributed by atoms with Gasteiger partial charge in [-0.2, -0.15) is 0 Å². The summed E-state index contributed by atoms with van der Waals surface area (Å²) in [6, 6.07) is 4.71. The molecule has 6 nitrogen and oxygen atoms in total. The average Bonchev–Trinajstić information content (AvgIpc) is 3.60. The van der Waals surface area contributed by atoms with Crippen LogP contribution in [0.4, 0.5) is 0 Å². The lowest BCUT2D eigenvalue weighted by atomic mass is 9.71. The highest BCUT2D eigenvalue weighted by Gasteiger charge is 2.40. The van der Waals surface area contributed by atoms with Gasteiger partial charge in [0.25, 0.3) is 0 Å². The summed E-state index contributed by atoms with van der Waals surface area (Å²) in [5.41, 5.74) is 3.22. The number of ketones is 1. The van der Waals surface area contributed by atoms with Crippen LogP contribution in [0.2, 0.25) is 0 Å². The molecule has 0 bridgehead atoms. The first kappa shape index (κ1) is 23.1. The molecule has 0 radical (unpaired) electrons. The van der Waals surface area contributed by atoms with E-state index in [0.717, 1.165) is 48.3 Å². The Hall–Kier alpha value is -2.31. The predicted molar refractivity (Wildman–Crippen MR) is 141 cm³/mol. The largest absolute Gasteiger partial charge is 0.346 e. The first-order valence-electron chi connectivity index (χ1n) is 13.9. The average molecular weight is 474 g/mol. The van der Waals surface area contributed by atoms with Crippen LogP contribution in [0.15, 0.2) is 30.7 Å². The molecule has 186 valence electrons. The lowest BCUT2D eigenvalue weighted by molar-refractivity contribution is -0.126. The van der Waals surface area contributed by atoms with Crippen LogP contribution in [0.3, 0.4) is 0 Å². The van der Waals surface area contributed by atoms with E-state index in [0.29, 0.717) is 24.2 Å². The lowest BCUT2D eigenvalue weighted by Gasteiger charge is -2.45. The van der Waals surface area contributed by atoms with Crippen LogP contribution in [0.5, 0.6) is 0 Å². The van der Waals surface area contributed by atoms with Gasteiger partial charge in [-0.1, -0.05) is 6.92 Å². The van der Waals surface area contributed by atoms with Crippen molar-refractivity contribution in [1.29, 1.82) is 0 Å². The molecular formula is C29H39N5O. The smallest absolute Gasteiger partial charge is 0.137 e. The highest BCUT2D eigenvalue weighted by atomic mass is 16.1. The zero-order valence-electron chi connectivity index (χ0n) is 21.1. The minimum absolute atomic E-state index is 0.135. The summed E-state index contributed by atoms with van der Waals surface area (Å²) in [5.74, 6) is 1.74. The number of carbonyl (C=O) groups is 1. The molecule has 3 aromatic heterocycles. The van der Waals surface area contributed by atoms with E-state index in [9.17, 15) is 4.79 Å². The van der Waals surface area contributed by atoms with Crippen molar-refractivity contribution in [1.82, 2.24) is 24.8 Å². The van der Waals surface area contributed by atoms with Crippen molar-refractivity contribution < 1.29 is 4.79 Å². The number of H-pyrrole nitrogens is 1. The Labute approximate surface area is 208 Å². The maximum atomic E-state index is 13.3. The molecule has 1 N–H and O–H groups in total. The Morgan fingerprint density at radius 2 is 1.97 bits per heavy atom. The van der Waals surface area contributed by atoms with Gasteiger partial charge in [-0.25, -0.2) is 4.98 Å². The third-order valence-corrected chi connectivity index (χ3v) is 9.07. The molecule has 0 spiro atoms. The van der Waals surface area contributed by atoms with E-state index in [1.54, 1.807) is 0 Å². The Morgan fingerprint density at radius 1 is 1.09 bits per heavy atom. The summed E-state index contributed by atoms with van der Waals surface area (Å²) in [6.07, 6.45) is 15.0. The fraction of sp³-hybridized carbons (Fsp3) is 0.621. The number of nitrogens with one attached hydrogen (secondary N) is 1. The van der Waals surface area contributed by atoms with Crippen LogP contribution in [-0.2, 0) is 4.79 Å². The van der Waals surface area contributed by atoms with Gasteiger partial charge in [0.15, 0.2) is 0 Å². The maximum Gasteiger partial charge on any atom is 0.137 e. The highest BCUT2D eigenvalue weighted by Crippen LogP contribution is 2.43. The number of Topliss-reactive ketones (excluding diaryl/α,β-unsaturated/α-hetero) is 1. The summed E-state index contributed by atoms with van der Waals surface area (Å²) in [7, 11) is 0. The molecule has 4 atom stereocenters. The van der Waals surface area contributed by atoms with Crippen molar-refractivity contribution in [2.45, 2.75) is 70.3 Å². The Balaban J connectivity index is 1.25. The molecule has 5 heterocycles. The fourth-order valence-corrected chi connectivity index (χ4v) is 7.38. The maximum absolute atomic E-state index is 13.3. The molecule has 2 saturated heterocycles. The number of piperidine rings is 1. The Kier molecular flexibility index (Phi) is 6.59. The summed E-state index contributed by atoms with van der Waals surface area (Å²) < 4.78 is 0. The zero-order chi connectivity index (χ0) is 23.8. The number of fused-ring (bicyclic) bond motifs is 3. The highest BCUT2D eigenvalue weighted by molar-refractivity contribution is 6.05. The number of aromatic nitrogens is 3. The number of hydrogen-bond donors (Lipinski definition) is 1. The predicted octanol–water partition coefficient (Wildman–Crippen LogP) is 5.15. The van der Waals surface area contributed by atoms with E-state index < -0.39 is 0 Å². The molecule has 0 aromatic carbocycles. The number of nitrogens with zero attached hydrogens (tertiary/aromatic N) is 4. The minimum atomic E-state index is 0.135. The van der Waals surface area contributed by atoms with E-state index in [4.69, 9.17) is 0 Å². The molecular weight excluding hydrogens is 434 g/mol. The van der Waals surface area contributed by atoms with Gasteiger partial charge in [0.1, 0.15) is 11.4 Å². The van der Waals surface area contributed by atoms with Crippen molar-refractivity contribution >= 4 is 27.7 Å². The van der Waals surface area contributed by atoms with E-state index in [2.05, 4.69) is 36.9 Å². The van der Waals surface area contributed by atoms with Crippen LogP contribution in [-0.4, -0.2) is 69.3 Å². The third-order valence-electron chi connectivity index (χ3n) is 9.07. The van der Waals surface area contributed by atoms with Gasteiger partial charge in [0.05, 0.1) is 11.7 Å². The summed E-state index contributed by atoms with van der Waals surface area (Å²) >= 11 is 0. The van der Waals surface area contributed by atoms with Gasteiger partial charge >= 0.3 is 0 Å². The first-order valence-corrected chi connectivity index (χ1v) is 13.9. The lowest BCUT2D eigenvalue weighted by Crippen LogP contribution is -2.51. The molecule has 1 aliphatic carbocycles. The van der Waals surface area contributed by atoms with Crippen LogP contribution in [0.25, 0.3) is 21.9 Å². The molecule has 3 fully saturated rings. The van der Waals surface area contributed by atoms with Crippen molar-refractivity contribution in [2.75, 3.05) is 32.7 Å². The standard InChI is InChI=1S/C29H39N5O/c1-2-27(35)24-16-21(22-9-11-30-25-17-32-29-23(28(22)25)10-12-31-29)7-8-26(24)34-15-5-6-20(19-34)18-33-13-3-4-14-33/h9-12,17,20-21,24,26H,2-8,13-16,18-19H2,1H3,(H,31,32). The quantitative estimate of drug-likeness (QED) is 0.536. The molecule has 4 unspecified atom stereocenters. The van der Waals surface area contributed by atoms with Crippen LogP contribution in [0.1, 0.15) is 69.8 Å². The van der Waals surface area contributed by atoms with Crippen LogP contribution >= 0.6 is 0 Å². The zero-order valence-corrected chi connectivity index (χ0v) is 21.1. The van der Waals surface area contributed by atoms with Crippen molar-refractivity contribution in [3.8, 4) is 0 Å². The topological polar surface area (TPSA) is 65.1 Å². The van der Waals surface area contributed by atoms with Crippen molar-refractivity contribution in [3.63, 3.8) is 0 Å². The Morgan fingerprint density at radius 3 is 2.83 bits per heavy atom. The molecule has 2 aliphatic heterocycles. The van der Waals surface area contributed by atoms with Gasteiger partial charge < -0.3 is 9.88 Å². The van der Waals surface area contributed by atoms with E-state index in [1.807, 2.05) is 25.5 Å². The van der Waals surface area contributed by atoms with Gasteiger partial charge in [-0.15, -0.1) is 0 Å². The molecule has 35 heavy (non-hydrogen) atoms. The second-order valence-electron chi connectivity index (χ2n) is 11.2. The van der Waals surface area contributed by atoms with E-state index >= 15 is 0 Å². The monoisotopic (exact) mass is 473 g/mol. The molecule has 6 heteroatoms. The van der Waals surface area contributed by atoms with Gasteiger partial charge in [-0.3, -0.25) is 14.7 Å². The Bertz CT molecular complexity index is 1180. The molecule has 0 amide bonds. The molecule has 6 rings (SSSR count). The summed E-state index contributed by atoms with van der Waals surface area (Å²) in [5, 5.41) is 2.36. The number of likely N-dealkylation sites (tertiary alicyclic amines) is 2. The van der Waals surface area contributed by atoms with Crippen LogP contribution < -0.4 is 0 Å². The van der Waals surface area contributed by atoms with Crippen LogP contribution in [0, 0.1) is 11.8 Å². The SMILES string of the molecule is CCC(=O)C1CC(c2ccnc3cnc4[nH]ccc4c23)CCC1N1CCCC(CN2CCCC2)C1. The molecule has 3 aromatic rings. The normalized spacial score (nSPS) is 28.7.